The number of fused-ring (bicyclic) bond motifs is 1. The molecule has 4 nitrogen and oxygen atoms in total. The Balaban J connectivity index is 1.76. The van der Waals surface area contributed by atoms with Crippen LogP contribution in [0.3, 0.4) is 0 Å². The third-order valence-corrected chi connectivity index (χ3v) is 4.58. The van der Waals surface area contributed by atoms with Crippen molar-refractivity contribution in [2.24, 2.45) is 0 Å². The van der Waals surface area contributed by atoms with Crippen molar-refractivity contribution in [3.8, 4) is 5.75 Å². The minimum atomic E-state index is -0.977. The SMILES string of the molecule is CC(C)(Oc1ccc2sccc2c1)C(=O)Nc1nccs1. The molecule has 0 unspecified atom stereocenters. The Kier molecular flexibility index (Phi) is 3.65. The topological polar surface area (TPSA) is 51.2 Å². The number of benzene rings is 1. The van der Waals surface area contributed by atoms with Crippen LogP contribution in [0.4, 0.5) is 5.13 Å². The molecule has 3 rings (SSSR count). The standard InChI is InChI=1S/C15H14N2O2S2/c1-15(2,13(18)17-14-16-6-8-21-14)19-11-3-4-12-10(9-11)5-7-20-12/h3-9H,1-2H3,(H,16,17,18). The zero-order chi connectivity index (χ0) is 14.9. The molecule has 3 aromatic rings. The Bertz CT molecular complexity index is 763. The first-order chi connectivity index (χ1) is 10.0. The van der Waals surface area contributed by atoms with Gasteiger partial charge in [-0.2, -0.15) is 0 Å². The molecule has 0 spiro atoms. The van der Waals surface area contributed by atoms with Gasteiger partial charge in [-0.05, 0) is 48.9 Å². The fraction of sp³-hybridized carbons (Fsp3) is 0.200. The lowest BCUT2D eigenvalue weighted by atomic mass is 10.1. The fourth-order valence-corrected chi connectivity index (χ4v) is 3.18. The summed E-state index contributed by atoms with van der Waals surface area (Å²) in [6.45, 7) is 3.49. The molecular weight excluding hydrogens is 304 g/mol. The number of anilines is 1. The number of aromatic nitrogens is 1. The van der Waals surface area contributed by atoms with E-state index in [1.165, 1.54) is 16.0 Å². The van der Waals surface area contributed by atoms with Crippen molar-refractivity contribution in [1.82, 2.24) is 4.98 Å². The van der Waals surface area contributed by atoms with Crippen molar-refractivity contribution in [2.75, 3.05) is 5.32 Å². The first kappa shape index (κ1) is 14.0. The highest BCUT2D eigenvalue weighted by Gasteiger charge is 2.30. The number of carbonyl (C=O) groups is 1. The molecule has 21 heavy (non-hydrogen) atoms. The molecule has 0 atom stereocenters. The summed E-state index contributed by atoms with van der Waals surface area (Å²) in [5, 5.41) is 8.30. The molecule has 108 valence electrons. The molecular formula is C15H14N2O2S2. The largest absolute Gasteiger partial charge is 0.478 e. The van der Waals surface area contributed by atoms with Crippen LogP contribution in [0.2, 0.25) is 0 Å². The van der Waals surface area contributed by atoms with Gasteiger partial charge in [-0.1, -0.05) is 0 Å². The van der Waals surface area contributed by atoms with E-state index in [0.717, 1.165) is 5.39 Å². The molecule has 0 saturated carbocycles. The van der Waals surface area contributed by atoms with Crippen molar-refractivity contribution < 1.29 is 9.53 Å². The highest BCUT2D eigenvalue weighted by atomic mass is 32.1. The Morgan fingerprint density at radius 1 is 1.24 bits per heavy atom. The predicted octanol–water partition coefficient (Wildman–Crippen LogP) is 4.15. The Hall–Kier alpha value is -1.92. The molecule has 2 heterocycles. The molecule has 1 aromatic carbocycles. The Morgan fingerprint density at radius 2 is 2.10 bits per heavy atom. The summed E-state index contributed by atoms with van der Waals surface area (Å²) in [7, 11) is 0. The van der Waals surface area contributed by atoms with Crippen molar-refractivity contribution in [2.45, 2.75) is 19.4 Å². The molecule has 0 aliphatic carbocycles. The maximum Gasteiger partial charge on any atom is 0.269 e. The van der Waals surface area contributed by atoms with E-state index in [0.29, 0.717) is 10.9 Å². The quantitative estimate of drug-likeness (QED) is 0.786. The summed E-state index contributed by atoms with van der Waals surface area (Å²) in [5.74, 6) is 0.461. The van der Waals surface area contributed by atoms with Crippen molar-refractivity contribution >= 4 is 43.8 Å². The second-order valence-corrected chi connectivity index (χ2v) is 6.87. The molecule has 1 N–H and O–H groups in total. The lowest BCUT2D eigenvalue weighted by Gasteiger charge is -2.24. The molecule has 0 fully saturated rings. The number of hydrogen-bond acceptors (Lipinski definition) is 5. The van der Waals surface area contributed by atoms with E-state index in [1.54, 1.807) is 31.4 Å². The summed E-state index contributed by atoms with van der Waals surface area (Å²) < 4.78 is 7.06. The van der Waals surface area contributed by atoms with Crippen molar-refractivity contribution in [1.29, 1.82) is 0 Å². The number of nitrogens with zero attached hydrogens (tertiary/aromatic N) is 1. The van der Waals surface area contributed by atoms with Gasteiger partial charge < -0.3 is 4.74 Å². The first-order valence-corrected chi connectivity index (χ1v) is 8.18. The average molecular weight is 318 g/mol. The van der Waals surface area contributed by atoms with E-state index >= 15 is 0 Å². The van der Waals surface area contributed by atoms with E-state index in [4.69, 9.17) is 4.74 Å². The van der Waals surface area contributed by atoms with Crippen LogP contribution >= 0.6 is 22.7 Å². The van der Waals surface area contributed by atoms with Gasteiger partial charge >= 0.3 is 0 Å². The van der Waals surface area contributed by atoms with Crippen molar-refractivity contribution in [3.63, 3.8) is 0 Å². The van der Waals surface area contributed by atoms with Crippen LogP contribution in [0.1, 0.15) is 13.8 Å². The van der Waals surface area contributed by atoms with Gasteiger partial charge in [-0.3, -0.25) is 10.1 Å². The molecule has 0 saturated heterocycles. The van der Waals surface area contributed by atoms with Crippen LogP contribution in [0.15, 0.2) is 41.2 Å². The summed E-state index contributed by atoms with van der Waals surface area (Å²) in [6, 6.07) is 7.88. The predicted molar refractivity (Wildman–Crippen MR) is 87.3 cm³/mol. The van der Waals surface area contributed by atoms with Gasteiger partial charge in [0.2, 0.25) is 0 Å². The monoisotopic (exact) mass is 318 g/mol. The van der Waals surface area contributed by atoms with Crippen LogP contribution in [0.5, 0.6) is 5.75 Å². The lowest BCUT2D eigenvalue weighted by molar-refractivity contribution is -0.128. The minimum absolute atomic E-state index is 0.220. The van der Waals surface area contributed by atoms with Crippen LogP contribution in [-0.2, 0) is 4.79 Å². The second-order valence-electron chi connectivity index (χ2n) is 5.02. The van der Waals surface area contributed by atoms with Gasteiger partial charge in [-0.15, -0.1) is 22.7 Å². The zero-order valence-electron chi connectivity index (χ0n) is 11.6. The minimum Gasteiger partial charge on any atom is -0.478 e. The fourth-order valence-electron chi connectivity index (χ4n) is 1.88. The lowest BCUT2D eigenvalue weighted by Crippen LogP contribution is -2.42. The number of ether oxygens (including phenoxy) is 1. The maximum absolute atomic E-state index is 12.3. The summed E-state index contributed by atoms with van der Waals surface area (Å²) >= 11 is 3.06. The van der Waals surface area contributed by atoms with E-state index in [-0.39, 0.29) is 5.91 Å². The van der Waals surface area contributed by atoms with Gasteiger partial charge in [0.05, 0.1) is 0 Å². The smallest absolute Gasteiger partial charge is 0.269 e. The first-order valence-electron chi connectivity index (χ1n) is 6.42. The Labute approximate surface area is 130 Å². The second kappa shape index (κ2) is 5.46. The summed E-state index contributed by atoms with van der Waals surface area (Å²) in [5.41, 5.74) is -0.977. The van der Waals surface area contributed by atoms with Crippen LogP contribution in [-0.4, -0.2) is 16.5 Å². The summed E-state index contributed by atoms with van der Waals surface area (Å²) in [4.78, 5) is 16.3. The number of carbonyl (C=O) groups excluding carboxylic acids is 1. The normalized spacial score (nSPS) is 11.5. The van der Waals surface area contributed by atoms with E-state index < -0.39 is 5.60 Å². The molecule has 0 aliphatic heterocycles. The number of rotatable bonds is 4. The number of hydrogen-bond donors (Lipinski definition) is 1. The third kappa shape index (κ3) is 3.06. The van der Waals surface area contributed by atoms with Gasteiger partial charge in [0, 0.05) is 16.3 Å². The molecule has 0 bridgehead atoms. The number of thiazole rings is 1. The molecule has 6 heteroatoms. The zero-order valence-corrected chi connectivity index (χ0v) is 13.3. The number of thiophene rings is 1. The number of nitrogens with one attached hydrogen (secondary N) is 1. The van der Waals surface area contributed by atoms with Gasteiger partial charge in [0.15, 0.2) is 10.7 Å². The van der Waals surface area contributed by atoms with E-state index in [1.807, 2.05) is 35.0 Å². The molecule has 0 radical (unpaired) electrons. The average Bonchev–Trinajstić information content (AvgIpc) is 3.08. The maximum atomic E-state index is 12.3. The summed E-state index contributed by atoms with van der Waals surface area (Å²) in [6.07, 6.45) is 1.65. The van der Waals surface area contributed by atoms with E-state index in [2.05, 4.69) is 10.3 Å². The molecule has 1 amide bonds. The van der Waals surface area contributed by atoms with Crippen LogP contribution < -0.4 is 10.1 Å². The highest BCUT2D eigenvalue weighted by molar-refractivity contribution is 7.17. The van der Waals surface area contributed by atoms with Gasteiger partial charge in [-0.25, -0.2) is 4.98 Å². The van der Waals surface area contributed by atoms with Crippen molar-refractivity contribution in [3.05, 3.63) is 41.2 Å². The Morgan fingerprint density at radius 3 is 2.86 bits per heavy atom. The van der Waals surface area contributed by atoms with Gasteiger partial charge in [0.1, 0.15) is 5.75 Å². The van der Waals surface area contributed by atoms with Crippen LogP contribution in [0, 0.1) is 0 Å². The third-order valence-electron chi connectivity index (χ3n) is 3.00. The van der Waals surface area contributed by atoms with Crippen LogP contribution in [0.25, 0.3) is 10.1 Å². The number of amides is 1. The molecule has 2 aromatic heterocycles. The van der Waals surface area contributed by atoms with E-state index in [9.17, 15) is 4.79 Å². The highest BCUT2D eigenvalue weighted by Crippen LogP contribution is 2.28. The van der Waals surface area contributed by atoms with Gasteiger partial charge in [0.25, 0.3) is 5.91 Å². The molecule has 0 aliphatic rings.